The summed E-state index contributed by atoms with van der Waals surface area (Å²) in [7, 11) is 3.46. The zero-order valence-electron chi connectivity index (χ0n) is 17.9. The summed E-state index contributed by atoms with van der Waals surface area (Å²) in [5, 5.41) is 6.69. The molecule has 2 aromatic rings. The molecule has 0 aliphatic rings. The molecular weight excluding hydrogens is 479 g/mol. The monoisotopic (exact) mass is 512 g/mol. The van der Waals surface area contributed by atoms with Crippen LogP contribution in [0.3, 0.4) is 0 Å². The number of benzene rings is 1. The minimum atomic E-state index is 0. The molecule has 29 heavy (non-hydrogen) atoms. The Hall–Kier alpha value is -2.03. The standard InChI is InChI=1S/C22H32N4O2.HI/c1-16(2)28-21-11-6-18(14-25-21)15-26-22(23-4)24-13-12-17(3)19-7-9-20(27-5)10-8-19;/h6-11,14,16-17H,12-13,15H2,1-5H3,(H2,23,24,26);1H. The van der Waals surface area contributed by atoms with Crippen molar-refractivity contribution in [3.8, 4) is 11.6 Å². The fraction of sp³-hybridized carbons (Fsp3) is 0.455. The van der Waals surface area contributed by atoms with Crippen LogP contribution >= 0.6 is 24.0 Å². The molecule has 0 amide bonds. The van der Waals surface area contributed by atoms with Crippen LogP contribution in [0.25, 0.3) is 0 Å². The van der Waals surface area contributed by atoms with Gasteiger partial charge in [-0.3, -0.25) is 4.99 Å². The average molecular weight is 512 g/mol. The van der Waals surface area contributed by atoms with E-state index in [4.69, 9.17) is 9.47 Å². The summed E-state index contributed by atoms with van der Waals surface area (Å²) in [5.74, 6) is 2.77. The Bertz CT molecular complexity index is 733. The van der Waals surface area contributed by atoms with Crippen LogP contribution in [-0.4, -0.2) is 37.7 Å². The minimum Gasteiger partial charge on any atom is -0.497 e. The minimum absolute atomic E-state index is 0. The first-order valence-corrected chi connectivity index (χ1v) is 9.72. The smallest absolute Gasteiger partial charge is 0.213 e. The maximum atomic E-state index is 5.57. The molecule has 7 heteroatoms. The van der Waals surface area contributed by atoms with E-state index in [0.717, 1.165) is 30.2 Å². The van der Waals surface area contributed by atoms with Gasteiger partial charge in [0, 0.05) is 32.4 Å². The third-order valence-corrected chi connectivity index (χ3v) is 4.39. The highest BCUT2D eigenvalue weighted by molar-refractivity contribution is 14.0. The number of hydrogen-bond acceptors (Lipinski definition) is 4. The molecule has 0 saturated heterocycles. The normalized spacial score (nSPS) is 12.1. The molecule has 1 atom stereocenters. The van der Waals surface area contributed by atoms with E-state index in [1.54, 1.807) is 14.2 Å². The third kappa shape index (κ3) is 8.89. The number of pyridine rings is 1. The molecule has 1 unspecified atom stereocenters. The molecule has 0 radical (unpaired) electrons. The summed E-state index contributed by atoms with van der Waals surface area (Å²) in [4.78, 5) is 8.61. The predicted molar refractivity (Wildman–Crippen MR) is 130 cm³/mol. The van der Waals surface area contributed by atoms with Crippen LogP contribution in [0.1, 0.15) is 44.2 Å². The average Bonchev–Trinajstić information content (AvgIpc) is 2.71. The Morgan fingerprint density at radius 1 is 1.07 bits per heavy atom. The number of guanidine groups is 1. The molecule has 1 aromatic carbocycles. The van der Waals surface area contributed by atoms with Crippen LogP contribution < -0.4 is 20.1 Å². The zero-order valence-corrected chi connectivity index (χ0v) is 20.3. The van der Waals surface area contributed by atoms with E-state index < -0.39 is 0 Å². The Labute approximate surface area is 191 Å². The Balaban J connectivity index is 0.00000420. The molecule has 2 N–H and O–H groups in total. The van der Waals surface area contributed by atoms with Gasteiger partial charge in [-0.05, 0) is 49.4 Å². The van der Waals surface area contributed by atoms with Gasteiger partial charge in [-0.25, -0.2) is 4.98 Å². The molecule has 2 rings (SSSR count). The Morgan fingerprint density at radius 3 is 2.34 bits per heavy atom. The summed E-state index contributed by atoms with van der Waals surface area (Å²) >= 11 is 0. The molecule has 1 aromatic heterocycles. The van der Waals surface area contributed by atoms with E-state index in [-0.39, 0.29) is 30.1 Å². The van der Waals surface area contributed by atoms with Crippen LogP contribution in [0, 0.1) is 0 Å². The SMILES string of the molecule is CN=C(NCCC(C)c1ccc(OC)cc1)NCc1ccc(OC(C)C)nc1.I. The van der Waals surface area contributed by atoms with Gasteiger partial charge >= 0.3 is 0 Å². The topological polar surface area (TPSA) is 67.8 Å². The molecule has 160 valence electrons. The lowest BCUT2D eigenvalue weighted by Crippen LogP contribution is -2.37. The van der Waals surface area contributed by atoms with Gasteiger partial charge in [0.2, 0.25) is 5.88 Å². The van der Waals surface area contributed by atoms with E-state index in [1.807, 2.05) is 44.3 Å². The molecule has 0 saturated carbocycles. The van der Waals surface area contributed by atoms with Crippen LogP contribution in [0.15, 0.2) is 47.6 Å². The third-order valence-electron chi connectivity index (χ3n) is 4.39. The van der Waals surface area contributed by atoms with Crippen molar-refractivity contribution in [2.75, 3.05) is 20.7 Å². The Morgan fingerprint density at radius 2 is 1.79 bits per heavy atom. The first kappa shape index (κ1) is 25.0. The fourth-order valence-corrected chi connectivity index (χ4v) is 2.74. The van der Waals surface area contributed by atoms with Gasteiger partial charge in [-0.15, -0.1) is 24.0 Å². The van der Waals surface area contributed by atoms with E-state index in [1.165, 1.54) is 5.56 Å². The lowest BCUT2D eigenvalue weighted by atomic mass is 9.98. The lowest BCUT2D eigenvalue weighted by molar-refractivity contribution is 0.232. The highest BCUT2D eigenvalue weighted by atomic mass is 127. The van der Waals surface area contributed by atoms with Crippen molar-refractivity contribution in [3.63, 3.8) is 0 Å². The quantitative estimate of drug-likeness (QED) is 0.297. The largest absolute Gasteiger partial charge is 0.497 e. The number of nitrogens with one attached hydrogen (secondary N) is 2. The molecule has 0 aliphatic carbocycles. The van der Waals surface area contributed by atoms with Gasteiger partial charge in [0.25, 0.3) is 0 Å². The van der Waals surface area contributed by atoms with Crippen molar-refractivity contribution in [1.29, 1.82) is 0 Å². The maximum Gasteiger partial charge on any atom is 0.213 e. The highest BCUT2D eigenvalue weighted by Crippen LogP contribution is 2.21. The number of nitrogens with zero attached hydrogens (tertiary/aromatic N) is 2. The molecule has 6 nitrogen and oxygen atoms in total. The summed E-state index contributed by atoms with van der Waals surface area (Å²) in [6.45, 7) is 7.70. The van der Waals surface area contributed by atoms with E-state index in [0.29, 0.717) is 18.3 Å². The summed E-state index contributed by atoms with van der Waals surface area (Å²) in [6.07, 6.45) is 2.96. The van der Waals surface area contributed by atoms with Crippen LogP contribution in [-0.2, 0) is 6.54 Å². The second-order valence-electron chi connectivity index (χ2n) is 6.99. The summed E-state index contributed by atoms with van der Waals surface area (Å²) in [5.41, 5.74) is 2.38. The molecule has 1 heterocycles. The highest BCUT2D eigenvalue weighted by Gasteiger charge is 2.07. The molecular formula is C22H33IN4O2. The Kier molecular flexibility index (Phi) is 11.4. The van der Waals surface area contributed by atoms with Crippen LogP contribution in [0.5, 0.6) is 11.6 Å². The number of halogens is 1. The van der Waals surface area contributed by atoms with Gasteiger partial charge in [0.1, 0.15) is 5.75 Å². The van der Waals surface area contributed by atoms with Gasteiger partial charge in [-0.1, -0.05) is 25.1 Å². The van der Waals surface area contributed by atoms with Crippen molar-refractivity contribution in [2.45, 2.75) is 45.8 Å². The van der Waals surface area contributed by atoms with E-state index >= 15 is 0 Å². The van der Waals surface area contributed by atoms with Crippen molar-refractivity contribution in [1.82, 2.24) is 15.6 Å². The van der Waals surface area contributed by atoms with Gasteiger partial charge in [0.05, 0.1) is 13.2 Å². The fourth-order valence-electron chi connectivity index (χ4n) is 2.74. The zero-order chi connectivity index (χ0) is 20.4. The molecule has 0 spiro atoms. The van der Waals surface area contributed by atoms with Gasteiger partial charge in [-0.2, -0.15) is 0 Å². The number of aromatic nitrogens is 1. The first-order chi connectivity index (χ1) is 13.5. The second kappa shape index (κ2) is 13.2. The summed E-state index contributed by atoms with van der Waals surface area (Å²) in [6, 6.07) is 12.2. The van der Waals surface area contributed by atoms with E-state index in [2.05, 4.69) is 39.7 Å². The summed E-state index contributed by atoms with van der Waals surface area (Å²) < 4.78 is 10.8. The molecule has 0 bridgehead atoms. The van der Waals surface area contributed by atoms with Gasteiger partial charge in [0.15, 0.2) is 5.96 Å². The molecule has 0 aliphatic heterocycles. The number of aliphatic imine (C=N–C) groups is 1. The van der Waals surface area contributed by atoms with E-state index in [9.17, 15) is 0 Å². The first-order valence-electron chi connectivity index (χ1n) is 9.72. The number of hydrogen-bond donors (Lipinski definition) is 2. The predicted octanol–water partition coefficient (Wildman–Crippen LogP) is 4.35. The van der Waals surface area contributed by atoms with Crippen LogP contribution in [0.2, 0.25) is 0 Å². The van der Waals surface area contributed by atoms with Gasteiger partial charge < -0.3 is 20.1 Å². The lowest BCUT2D eigenvalue weighted by Gasteiger charge is -2.15. The van der Waals surface area contributed by atoms with Crippen molar-refractivity contribution < 1.29 is 9.47 Å². The number of methoxy groups -OCH3 is 1. The number of rotatable bonds is 9. The second-order valence-corrected chi connectivity index (χ2v) is 6.99. The molecule has 0 fully saturated rings. The van der Waals surface area contributed by atoms with Crippen molar-refractivity contribution in [3.05, 3.63) is 53.7 Å². The number of ether oxygens (including phenoxy) is 2. The van der Waals surface area contributed by atoms with Crippen molar-refractivity contribution in [2.24, 2.45) is 4.99 Å². The van der Waals surface area contributed by atoms with Crippen molar-refractivity contribution >= 4 is 29.9 Å². The maximum absolute atomic E-state index is 5.57. The van der Waals surface area contributed by atoms with Crippen LogP contribution in [0.4, 0.5) is 0 Å².